The molecule has 7 heteroatoms. The fourth-order valence-electron chi connectivity index (χ4n) is 1.83. The van der Waals surface area contributed by atoms with Gasteiger partial charge in [-0.3, -0.25) is 4.79 Å². The number of amides is 1. The van der Waals surface area contributed by atoms with Crippen LogP contribution in [0.4, 0.5) is 0 Å². The molecule has 1 fully saturated rings. The van der Waals surface area contributed by atoms with Gasteiger partial charge in [0.15, 0.2) is 0 Å². The van der Waals surface area contributed by atoms with Crippen LogP contribution in [-0.4, -0.2) is 44.3 Å². The Morgan fingerprint density at radius 1 is 1.39 bits per heavy atom. The Kier molecular flexibility index (Phi) is 7.90. The van der Waals surface area contributed by atoms with Crippen molar-refractivity contribution in [2.45, 2.75) is 31.8 Å². The molecule has 0 aromatic heterocycles. The number of halogens is 1. The summed E-state index contributed by atoms with van der Waals surface area (Å²) in [5.41, 5.74) is 5.86. The number of nitrogens with two attached hydrogens (primary N) is 1. The Bertz CT molecular complexity index is 282. The first-order chi connectivity index (χ1) is 8.06. The molecule has 0 radical (unpaired) electrons. The molecule has 1 amide bonds. The van der Waals surface area contributed by atoms with Crippen LogP contribution in [0.2, 0.25) is 0 Å². The third-order valence-electron chi connectivity index (χ3n) is 2.99. The molecule has 1 aliphatic heterocycles. The lowest BCUT2D eigenvalue weighted by atomic mass is 9.92. The first-order valence-electron chi connectivity index (χ1n) is 5.77. The van der Waals surface area contributed by atoms with Gasteiger partial charge in [-0.1, -0.05) is 0 Å². The summed E-state index contributed by atoms with van der Waals surface area (Å²) in [7, 11) is 1.28. The minimum atomic E-state index is -0.668. The van der Waals surface area contributed by atoms with E-state index in [1.54, 1.807) is 6.92 Å². The predicted molar refractivity (Wildman–Crippen MR) is 68.4 cm³/mol. The van der Waals surface area contributed by atoms with Crippen molar-refractivity contribution in [2.75, 3.05) is 20.3 Å². The van der Waals surface area contributed by atoms with E-state index in [0.29, 0.717) is 13.2 Å². The van der Waals surface area contributed by atoms with E-state index < -0.39 is 18.1 Å². The van der Waals surface area contributed by atoms with E-state index in [1.165, 1.54) is 7.11 Å². The van der Waals surface area contributed by atoms with E-state index in [4.69, 9.17) is 10.5 Å². The van der Waals surface area contributed by atoms with Crippen molar-refractivity contribution in [3.05, 3.63) is 0 Å². The highest BCUT2D eigenvalue weighted by Gasteiger charge is 2.28. The molecule has 0 aliphatic carbocycles. The topological polar surface area (TPSA) is 90.7 Å². The maximum absolute atomic E-state index is 11.8. The van der Waals surface area contributed by atoms with E-state index in [0.717, 1.165) is 12.8 Å². The molecule has 6 nitrogen and oxygen atoms in total. The quantitative estimate of drug-likeness (QED) is 0.699. The number of hydrogen-bond acceptors (Lipinski definition) is 5. The van der Waals surface area contributed by atoms with E-state index in [9.17, 15) is 9.59 Å². The van der Waals surface area contributed by atoms with E-state index in [-0.39, 0.29) is 24.2 Å². The Labute approximate surface area is 113 Å². The van der Waals surface area contributed by atoms with Gasteiger partial charge in [0.25, 0.3) is 0 Å². The molecule has 0 saturated carbocycles. The predicted octanol–water partition coefficient (Wildman–Crippen LogP) is -0.160. The molecular formula is C11H21ClN2O4. The summed E-state index contributed by atoms with van der Waals surface area (Å²) in [4.78, 5) is 22.9. The SMILES string of the molecule is COC(=O)C(C)NC(=O)C(N)C1CCOCC1.Cl. The number of carbonyl (C=O) groups excluding carboxylic acids is 2. The highest BCUT2D eigenvalue weighted by Crippen LogP contribution is 2.17. The van der Waals surface area contributed by atoms with Crippen LogP contribution < -0.4 is 11.1 Å². The van der Waals surface area contributed by atoms with Crippen molar-refractivity contribution in [3.8, 4) is 0 Å². The Morgan fingerprint density at radius 3 is 2.44 bits per heavy atom. The van der Waals surface area contributed by atoms with Gasteiger partial charge in [-0.05, 0) is 25.7 Å². The zero-order chi connectivity index (χ0) is 12.8. The van der Waals surface area contributed by atoms with Crippen LogP contribution in [0.15, 0.2) is 0 Å². The van der Waals surface area contributed by atoms with E-state index in [1.807, 2.05) is 0 Å². The van der Waals surface area contributed by atoms with Crippen molar-refractivity contribution in [1.29, 1.82) is 0 Å². The first kappa shape index (κ1) is 17.2. The second-order valence-electron chi connectivity index (χ2n) is 4.23. The second kappa shape index (κ2) is 8.29. The molecule has 3 N–H and O–H groups in total. The van der Waals surface area contributed by atoms with Gasteiger partial charge in [0.2, 0.25) is 5.91 Å². The smallest absolute Gasteiger partial charge is 0.328 e. The molecule has 1 aliphatic rings. The molecule has 2 unspecified atom stereocenters. The fourth-order valence-corrected chi connectivity index (χ4v) is 1.83. The van der Waals surface area contributed by atoms with Gasteiger partial charge in [-0.2, -0.15) is 0 Å². The summed E-state index contributed by atoms with van der Waals surface area (Å²) >= 11 is 0. The van der Waals surface area contributed by atoms with E-state index >= 15 is 0 Å². The number of methoxy groups -OCH3 is 1. The number of esters is 1. The van der Waals surface area contributed by atoms with Crippen molar-refractivity contribution in [2.24, 2.45) is 11.7 Å². The van der Waals surface area contributed by atoms with Crippen LogP contribution in [0.5, 0.6) is 0 Å². The van der Waals surface area contributed by atoms with Crippen LogP contribution in [0.3, 0.4) is 0 Å². The lowest BCUT2D eigenvalue weighted by Gasteiger charge is -2.27. The molecule has 18 heavy (non-hydrogen) atoms. The molecule has 1 saturated heterocycles. The van der Waals surface area contributed by atoms with Gasteiger partial charge in [-0.25, -0.2) is 4.79 Å². The Morgan fingerprint density at radius 2 is 1.94 bits per heavy atom. The first-order valence-corrected chi connectivity index (χ1v) is 5.77. The highest BCUT2D eigenvalue weighted by atomic mass is 35.5. The van der Waals surface area contributed by atoms with Crippen molar-refractivity contribution < 1.29 is 19.1 Å². The zero-order valence-electron chi connectivity index (χ0n) is 10.7. The summed E-state index contributed by atoms with van der Waals surface area (Å²) in [6.07, 6.45) is 1.56. The summed E-state index contributed by atoms with van der Waals surface area (Å²) < 4.78 is 9.73. The summed E-state index contributed by atoms with van der Waals surface area (Å²) in [5.74, 6) is -0.666. The molecule has 0 bridgehead atoms. The molecule has 0 spiro atoms. The molecule has 106 valence electrons. The van der Waals surface area contributed by atoms with E-state index in [2.05, 4.69) is 10.1 Å². The number of carbonyl (C=O) groups is 2. The standard InChI is InChI=1S/C11H20N2O4.ClH/c1-7(11(15)16-2)13-10(14)9(12)8-3-5-17-6-4-8;/h7-9H,3-6,12H2,1-2H3,(H,13,14);1H. The zero-order valence-corrected chi connectivity index (χ0v) is 11.5. The maximum Gasteiger partial charge on any atom is 0.328 e. The van der Waals surface area contributed by atoms with Crippen LogP contribution in [0, 0.1) is 5.92 Å². The molecule has 1 heterocycles. The molecular weight excluding hydrogens is 260 g/mol. The highest BCUT2D eigenvalue weighted by molar-refractivity contribution is 5.87. The summed E-state index contributed by atoms with van der Waals surface area (Å²) in [6.45, 7) is 2.84. The van der Waals surface area contributed by atoms with Crippen molar-refractivity contribution >= 4 is 24.3 Å². The second-order valence-corrected chi connectivity index (χ2v) is 4.23. The molecule has 0 aromatic carbocycles. The van der Waals surface area contributed by atoms with Crippen molar-refractivity contribution in [1.82, 2.24) is 5.32 Å². The lowest BCUT2D eigenvalue weighted by molar-refractivity contribution is -0.144. The normalized spacial score (nSPS) is 19.3. The van der Waals surface area contributed by atoms with Gasteiger partial charge in [0.1, 0.15) is 6.04 Å². The number of hydrogen-bond donors (Lipinski definition) is 2. The Hall–Kier alpha value is -0.850. The monoisotopic (exact) mass is 280 g/mol. The van der Waals surface area contributed by atoms with Crippen LogP contribution in [0.25, 0.3) is 0 Å². The van der Waals surface area contributed by atoms with Crippen LogP contribution in [0.1, 0.15) is 19.8 Å². The van der Waals surface area contributed by atoms with Crippen molar-refractivity contribution in [3.63, 3.8) is 0 Å². The average molecular weight is 281 g/mol. The van der Waals surface area contributed by atoms with Crippen LogP contribution in [-0.2, 0) is 19.1 Å². The van der Waals surface area contributed by atoms with Gasteiger partial charge in [0, 0.05) is 13.2 Å². The third-order valence-corrected chi connectivity index (χ3v) is 2.99. The number of rotatable bonds is 4. The maximum atomic E-state index is 11.8. The lowest BCUT2D eigenvalue weighted by Crippen LogP contribution is -2.51. The summed E-state index contributed by atoms with van der Waals surface area (Å²) in [5, 5.41) is 2.55. The van der Waals surface area contributed by atoms with Gasteiger partial charge in [0.05, 0.1) is 13.2 Å². The molecule has 0 aromatic rings. The van der Waals surface area contributed by atoms with Gasteiger partial charge >= 0.3 is 5.97 Å². The third kappa shape index (κ3) is 4.80. The average Bonchev–Trinajstić information content (AvgIpc) is 2.37. The largest absolute Gasteiger partial charge is 0.467 e. The van der Waals surface area contributed by atoms with Gasteiger partial charge < -0.3 is 20.5 Å². The number of nitrogens with one attached hydrogen (secondary N) is 1. The van der Waals surface area contributed by atoms with Gasteiger partial charge in [-0.15, -0.1) is 12.4 Å². The summed E-state index contributed by atoms with van der Waals surface area (Å²) in [6, 6.07) is -1.26. The molecule has 1 rings (SSSR count). The fraction of sp³-hybridized carbons (Fsp3) is 0.818. The van der Waals surface area contributed by atoms with Crippen LogP contribution >= 0.6 is 12.4 Å². The number of ether oxygens (including phenoxy) is 2. The Balaban J connectivity index is 0.00000289. The minimum Gasteiger partial charge on any atom is -0.467 e. The molecule has 2 atom stereocenters. The minimum absolute atomic E-state index is 0.